The van der Waals surface area contributed by atoms with E-state index in [1.807, 2.05) is 31.2 Å². The molecule has 23 heavy (non-hydrogen) atoms. The number of rotatable bonds is 4. The van der Waals surface area contributed by atoms with Gasteiger partial charge in [-0.15, -0.1) is 0 Å². The van der Waals surface area contributed by atoms with Crippen molar-refractivity contribution >= 4 is 11.6 Å². The number of aryl methyl sites for hydroxylation is 1. The van der Waals surface area contributed by atoms with Crippen LogP contribution in [0.25, 0.3) is 11.4 Å². The third-order valence-corrected chi connectivity index (χ3v) is 4.28. The number of nitrogens with zero attached hydrogens (tertiary/aromatic N) is 2. The lowest BCUT2D eigenvalue weighted by molar-refractivity contribution is -0.122. The van der Waals surface area contributed by atoms with Gasteiger partial charge in [-0.1, -0.05) is 31.4 Å². The number of nitrogens with one attached hydrogen (secondary N) is 2. The molecule has 6 nitrogen and oxygen atoms in total. The van der Waals surface area contributed by atoms with E-state index in [0.29, 0.717) is 24.4 Å². The highest BCUT2D eigenvalue weighted by Gasteiger charge is 2.31. The summed E-state index contributed by atoms with van der Waals surface area (Å²) in [5.41, 5.74) is 0.679. The number of anilines is 1. The van der Waals surface area contributed by atoms with E-state index in [0.717, 1.165) is 30.7 Å². The van der Waals surface area contributed by atoms with Gasteiger partial charge in [0.05, 0.1) is 12.0 Å². The standard InChI is InChI=1S/C17H22N4O2/c1-12-18-16(21-20-12)13-6-5-7-14(10-13)19-15(22)11-17(23)8-3-2-4-9-17/h5-7,10,23H,2-4,8-9,11H2,1H3,(H,19,22)(H,18,20,21). The van der Waals surface area contributed by atoms with Crippen LogP contribution >= 0.6 is 0 Å². The first-order valence-electron chi connectivity index (χ1n) is 8.06. The van der Waals surface area contributed by atoms with Crippen LogP contribution in [0.4, 0.5) is 5.69 Å². The van der Waals surface area contributed by atoms with Gasteiger partial charge in [0.2, 0.25) is 5.91 Å². The SMILES string of the molecule is Cc1nc(-c2cccc(NC(=O)CC3(O)CCCCC3)c2)n[nH]1. The van der Waals surface area contributed by atoms with Crippen LogP contribution in [0.15, 0.2) is 24.3 Å². The van der Waals surface area contributed by atoms with E-state index in [-0.39, 0.29) is 12.3 Å². The molecule has 1 fully saturated rings. The number of aromatic amines is 1. The van der Waals surface area contributed by atoms with E-state index in [2.05, 4.69) is 20.5 Å². The van der Waals surface area contributed by atoms with E-state index in [9.17, 15) is 9.90 Å². The summed E-state index contributed by atoms with van der Waals surface area (Å²) in [7, 11) is 0. The molecule has 1 aromatic carbocycles. The second-order valence-electron chi connectivity index (χ2n) is 6.34. The van der Waals surface area contributed by atoms with Crippen LogP contribution in [0.1, 0.15) is 44.3 Å². The Kier molecular flexibility index (Phi) is 4.43. The monoisotopic (exact) mass is 314 g/mol. The molecule has 0 atom stereocenters. The minimum atomic E-state index is -0.846. The smallest absolute Gasteiger partial charge is 0.227 e. The molecule has 3 rings (SSSR count). The predicted octanol–water partition coefficient (Wildman–Crippen LogP) is 2.80. The molecule has 1 saturated carbocycles. The minimum absolute atomic E-state index is 0.150. The van der Waals surface area contributed by atoms with Crippen molar-refractivity contribution in [3.8, 4) is 11.4 Å². The van der Waals surface area contributed by atoms with Crippen molar-refractivity contribution in [3.05, 3.63) is 30.1 Å². The first-order valence-corrected chi connectivity index (χ1v) is 8.06. The summed E-state index contributed by atoms with van der Waals surface area (Å²) in [4.78, 5) is 16.5. The second kappa shape index (κ2) is 6.50. The van der Waals surface area contributed by atoms with Crippen molar-refractivity contribution in [1.82, 2.24) is 15.2 Å². The van der Waals surface area contributed by atoms with E-state index in [1.165, 1.54) is 0 Å². The number of benzene rings is 1. The third kappa shape index (κ3) is 3.96. The molecule has 0 unspecified atom stereocenters. The van der Waals surface area contributed by atoms with Crippen LogP contribution in [0.3, 0.4) is 0 Å². The summed E-state index contributed by atoms with van der Waals surface area (Å²) < 4.78 is 0. The lowest BCUT2D eigenvalue weighted by Gasteiger charge is -2.31. The van der Waals surface area contributed by atoms with Gasteiger partial charge < -0.3 is 10.4 Å². The summed E-state index contributed by atoms with van der Waals surface area (Å²) in [6.07, 6.45) is 4.68. The highest BCUT2D eigenvalue weighted by Crippen LogP contribution is 2.31. The Morgan fingerprint density at radius 3 is 2.83 bits per heavy atom. The van der Waals surface area contributed by atoms with Gasteiger partial charge >= 0.3 is 0 Å². The minimum Gasteiger partial charge on any atom is -0.389 e. The van der Waals surface area contributed by atoms with Crippen LogP contribution in [0.5, 0.6) is 0 Å². The molecule has 1 heterocycles. The first-order chi connectivity index (χ1) is 11.0. The number of H-pyrrole nitrogens is 1. The molecule has 1 aliphatic carbocycles. The maximum Gasteiger partial charge on any atom is 0.227 e. The molecule has 0 aliphatic heterocycles. The average molecular weight is 314 g/mol. The number of hydrogen-bond acceptors (Lipinski definition) is 4. The van der Waals surface area contributed by atoms with Gasteiger partial charge in [0.25, 0.3) is 0 Å². The molecule has 0 bridgehead atoms. The normalized spacial score (nSPS) is 17.0. The molecule has 0 radical (unpaired) electrons. The fraction of sp³-hybridized carbons (Fsp3) is 0.471. The molecule has 2 aromatic rings. The van der Waals surface area contributed by atoms with Crippen LogP contribution in [0, 0.1) is 6.92 Å². The maximum absolute atomic E-state index is 12.2. The predicted molar refractivity (Wildman–Crippen MR) is 87.8 cm³/mol. The van der Waals surface area contributed by atoms with Gasteiger partial charge in [-0.25, -0.2) is 4.98 Å². The van der Waals surface area contributed by atoms with E-state index in [1.54, 1.807) is 0 Å². The Bertz CT molecular complexity index is 689. The molecule has 6 heteroatoms. The summed E-state index contributed by atoms with van der Waals surface area (Å²) >= 11 is 0. The highest BCUT2D eigenvalue weighted by molar-refractivity contribution is 5.92. The van der Waals surface area contributed by atoms with Gasteiger partial charge in [-0.3, -0.25) is 9.89 Å². The average Bonchev–Trinajstić information content (AvgIpc) is 2.94. The molecule has 1 aromatic heterocycles. The number of carbonyl (C=O) groups is 1. The van der Waals surface area contributed by atoms with Gasteiger partial charge in [0, 0.05) is 11.3 Å². The second-order valence-corrected chi connectivity index (χ2v) is 6.34. The molecule has 3 N–H and O–H groups in total. The van der Waals surface area contributed by atoms with Crippen molar-refractivity contribution < 1.29 is 9.90 Å². The Hall–Kier alpha value is -2.21. The molecule has 1 aliphatic rings. The molecular formula is C17H22N4O2. The molecule has 0 spiro atoms. The maximum atomic E-state index is 12.2. The van der Waals surface area contributed by atoms with Crippen LogP contribution < -0.4 is 5.32 Å². The lowest BCUT2D eigenvalue weighted by atomic mass is 9.82. The van der Waals surface area contributed by atoms with Crippen molar-refractivity contribution in [2.75, 3.05) is 5.32 Å². The third-order valence-electron chi connectivity index (χ3n) is 4.28. The van der Waals surface area contributed by atoms with Gasteiger partial charge in [0.1, 0.15) is 5.82 Å². The van der Waals surface area contributed by atoms with Crippen molar-refractivity contribution in [2.24, 2.45) is 0 Å². The first kappa shape index (κ1) is 15.7. The van der Waals surface area contributed by atoms with Crippen molar-refractivity contribution in [1.29, 1.82) is 0 Å². The molecule has 1 amide bonds. The fourth-order valence-corrected chi connectivity index (χ4v) is 3.10. The largest absolute Gasteiger partial charge is 0.389 e. The zero-order valence-electron chi connectivity index (χ0n) is 13.3. The van der Waals surface area contributed by atoms with Crippen molar-refractivity contribution in [2.45, 2.75) is 51.0 Å². The number of hydrogen-bond donors (Lipinski definition) is 3. The molecule has 122 valence electrons. The quantitative estimate of drug-likeness (QED) is 0.809. The zero-order valence-corrected chi connectivity index (χ0v) is 13.3. The lowest BCUT2D eigenvalue weighted by Crippen LogP contribution is -2.35. The summed E-state index contributed by atoms with van der Waals surface area (Å²) in [5, 5.41) is 20.3. The Labute approximate surface area is 135 Å². The highest BCUT2D eigenvalue weighted by atomic mass is 16.3. The van der Waals surface area contributed by atoms with Crippen LogP contribution in [-0.4, -0.2) is 31.8 Å². The Balaban J connectivity index is 1.67. The van der Waals surface area contributed by atoms with E-state index >= 15 is 0 Å². The number of amides is 1. The van der Waals surface area contributed by atoms with E-state index < -0.39 is 5.60 Å². The summed E-state index contributed by atoms with van der Waals surface area (Å²) in [6.45, 7) is 1.84. The van der Waals surface area contributed by atoms with Crippen LogP contribution in [-0.2, 0) is 4.79 Å². The topological polar surface area (TPSA) is 90.9 Å². The van der Waals surface area contributed by atoms with Crippen molar-refractivity contribution in [3.63, 3.8) is 0 Å². The van der Waals surface area contributed by atoms with E-state index in [4.69, 9.17) is 0 Å². The Morgan fingerprint density at radius 1 is 1.35 bits per heavy atom. The molecule has 0 saturated heterocycles. The zero-order chi connectivity index (χ0) is 16.3. The number of aromatic nitrogens is 3. The van der Waals surface area contributed by atoms with Crippen LogP contribution in [0.2, 0.25) is 0 Å². The van der Waals surface area contributed by atoms with Gasteiger partial charge in [-0.2, -0.15) is 5.10 Å². The summed E-state index contributed by atoms with van der Waals surface area (Å²) in [6, 6.07) is 7.41. The summed E-state index contributed by atoms with van der Waals surface area (Å²) in [5.74, 6) is 1.19. The van der Waals surface area contributed by atoms with Gasteiger partial charge in [-0.05, 0) is 31.9 Å². The Morgan fingerprint density at radius 2 is 2.13 bits per heavy atom. The molecular weight excluding hydrogens is 292 g/mol. The number of carbonyl (C=O) groups excluding carboxylic acids is 1. The number of aliphatic hydroxyl groups is 1. The fourth-order valence-electron chi connectivity index (χ4n) is 3.10. The van der Waals surface area contributed by atoms with Gasteiger partial charge in [0.15, 0.2) is 5.82 Å².